The number of carbonyl (C=O) groups excluding carboxylic acids is 2. The molecule has 2 aromatic carbocycles. The second kappa shape index (κ2) is 7.42. The largest absolute Gasteiger partial charge is 0.345 e. The third kappa shape index (κ3) is 3.44. The number of carbonyl (C=O) groups is 2. The Kier molecular flexibility index (Phi) is 4.96. The zero-order valence-corrected chi connectivity index (χ0v) is 16.7. The number of hydrogen-bond donors (Lipinski definition) is 0. The molecule has 0 N–H and O–H groups in total. The Morgan fingerprint density at radius 3 is 2.32 bits per heavy atom. The average Bonchev–Trinajstić information content (AvgIpc) is 2.72. The highest BCUT2D eigenvalue weighted by Gasteiger charge is 2.45. The summed E-state index contributed by atoms with van der Waals surface area (Å²) in [5.74, 6) is 0.279. The number of benzene rings is 2. The number of hydrogen-bond acceptors (Lipinski definition) is 2. The maximum atomic E-state index is 13.0. The van der Waals surface area contributed by atoms with Crippen LogP contribution in [0.1, 0.15) is 46.7 Å². The Balaban J connectivity index is 1.49. The lowest BCUT2D eigenvalue weighted by atomic mass is 9.67. The van der Waals surface area contributed by atoms with Gasteiger partial charge in [0.15, 0.2) is 0 Å². The molecule has 4 heteroatoms. The standard InChI is InChI=1S/C24H28N2O2/c1-18-8-6-7-11-20(18)23(28)26-14-12-24(13-15-26)16-21(22(27)25(2)17-24)19-9-4-3-5-10-19/h3-11,21H,12-17H2,1-2H3/t21-/m1/s1. The van der Waals surface area contributed by atoms with Gasteiger partial charge in [-0.25, -0.2) is 0 Å². The summed E-state index contributed by atoms with van der Waals surface area (Å²) < 4.78 is 0. The molecule has 0 unspecified atom stereocenters. The normalized spacial score (nSPS) is 21.8. The fourth-order valence-electron chi connectivity index (χ4n) is 4.91. The minimum atomic E-state index is -0.0708. The number of piperidine rings is 2. The van der Waals surface area contributed by atoms with Crippen LogP contribution in [0.2, 0.25) is 0 Å². The summed E-state index contributed by atoms with van der Waals surface area (Å²) in [5.41, 5.74) is 3.04. The van der Waals surface area contributed by atoms with Crippen LogP contribution in [-0.2, 0) is 4.79 Å². The van der Waals surface area contributed by atoms with Crippen LogP contribution in [0.15, 0.2) is 54.6 Å². The molecule has 0 aromatic heterocycles. The summed E-state index contributed by atoms with van der Waals surface area (Å²) in [4.78, 5) is 29.7. The molecular formula is C24H28N2O2. The number of aryl methyl sites for hydroxylation is 1. The van der Waals surface area contributed by atoms with Gasteiger partial charge in [-0.15, -0.1) is 0 Å². The van der Waals surface area contributed by atoms with E-state index in [1.807, 2.05) is 66.2 Å². The van der Waals surface area contributed by atoms with E-state index < -0.39 is 0 Å². The predicted molar refractivity (Wildman–Crippen MR) is 110 cm³/mol. The first-order chi connectivity index (χ1) is 13.5. The molecule has 146 valence electrons. The molecule has 2 fully saturated rings. The molecule has 1 spiro atoms. The Hall–Kier alpha value is -2.62. The van der Waals surface area contributed by atoms with Gasteiger partial charge >= 0.3 is 0 Å². The van der Waals surface area contributed by atoms with Crippen molar-refractivity contribution >= 4 is 11.8 Å². The van der Waals surface area contributed by atoms with Crippen LogP contribution in [0.3, 0.4) is 0 Å². The van der Waals surface area contributed by atoms with Crippen molar-refractivity contribution < 1.29 is 9.59 Å². The van der Waals surface area contributed by atoms with Gasteiger partial charge in [-0.1, -0.05) is 48.5 Å². The Morgan fingerprint density at radius 1 is 1.00 bits per heavy atom. The van der Waals surface area contributed by atoms with Crippen LogP contribution in [0.25, 0.3) is 0 Å². The van der Waals surface area contributed by atoms with E-state index in [2.05, 4.69) is 12.1 Å². The van der Waals surface area contributed by atoms with Crippen LogP contribution in [-0.4, -0.2) is 48.3 Å². The second-order valence-electron chi connectivity index (χ2n) is 8.47. The summed E-state index contributed by atoms with van der Waals surface area (Å²) in [6.07, 6.45) is 2.78. The molecule has 2 amide bonds. The van der Waals surface area contributed by atoms with E-state index in [0.29, 0.717) is 0 Å². The summed E-state index contributed by atoms with van der Waals surface area (Å²) in [7, 11) is 1.92. The van der Waals surface area contributed by atoms with Gasteiger partial charge < -0.3 is 9.80 Å². The molecule has 2 heterocycles. The average molecular weight is 377 g/mol. The quantitative estimate of drug-likeness (QED) is 0.798. The first-order valence-electron chi connectivity index (χ1n) is 10.1. The smallest absolute Gasteiger partial charge is 0.254 e. The van der Waals surface area contributed by atoms with Crippen LogP contribution >= 0.6 is 0 Å². The maximum Gasteiger partial charge on any atom is 0.254 e. The third-order valence-electron chi connectivity index (χ3n) is 6.57. The van der Waals surface area contributed by atoms with Crippen molar-refractivity contribution in [2.45, 2.75) is 32.1 Å². The van der Waals surface area contributed by atoms with Crippen molar-refractivity contribution in [2.75, 3.05) is 26.7 Å². The minimum absolute atomic E-state index is 0.0708. The van der Waals surface area contributed by atoms with E-state index in [-0.39, 0.29) is 23.1 Å². The SMILES string of the molecule is Cc1ccccc1C(=O)N1CCC2(CC1)C[C@H](c1ccccc1)C(=O)N(C)C2. The summed E-state index contributed by atoms with van der Waals surface area (Å²) in [6, 6.07) is 17.9. The van der Waals surface area contributed by atoms with Crippen molar-refractivity contribution in [3.8, 4) is 0 Å². The van der Waals surface area contributed by atoms with Crippen molar-refractivity contribution in [2.24, 2.45) is 5.41 Å². The van der Waals surface area contributed by atoms with E-state index >= 15 is 0 Å². The number of likely N-dealkylation sites (tertiary alicyclic amines) is 2. The van der Waals surface area contributed by atoms with Gasteiger partial charge in [0.05, 0.1) is 5.92 Å². The monoisotopic (exact) mass is 376 g/mol. The van der Waals surface area contributed by atoms with E-state index in [9.17, 15) is 9.59 Å². The van der Waals surface area contributed by atoms with Crippen LogP contribution in [0.4, 0.5) is 0 Å². The van der Waals surface area contributed by atoms with E-state index in [1.54, 1.807) is 0 Å². The molecule has 28 heavy (non-hydrogen) atoms. The van der Waals surface area contributed by atoms with Gasteiger partial charge in [0.2, 0.25) is 5.91 Å². The van der Waals surface area contributed by atoms with Crippen molar-refractivity contribution in [3.05, 3.63) is 71.3 Å². The number of likely N-dealkylation sites (N-methyl/N-ethyl adjacent to an activating group) is 1. The van der Waals surface area contributed by atoms with Crippen molar-refractivity contribution in [1.82, 2.24) is 9.80 Å². The van der Waals surface area contributed by atoms with E-state index in [0.717, 1.165) is 55.6 Å². The zero-order valence-electron chi connectivity index (χ0n) is 16.7. The molecular weight excluding hydrogens is 348 g/mol. The highest BCUT2D eigenvalue weighted by molar-refractivity contribution is 5.95. The highest BCUT2D eigenvalue weighted by atomic mass is 16.2. The van der Waals surface area contributed by atoms with E-state index in [1.165, 1.54) is 0 Å². The first kappa shape index (κ1) is 18.7. The lowest BCUT2D eigenvalue weighted by Gasteiger charge is -2.49. The fraction of sp³-hybridized carbons (Fsp3) is 0.417. The maximum absolute atomic E-state index is 13.0. The second-order valence-corrected chi connectivity index (χ2v) is 8.47. The molecule has 4 nitrogen and oxygen atoms in total. The fourth-order valence-corrected chi connectivity index (χ4v) is 4.91. The molecule has 0 bridgehead atoms. The van der Waals surface area contributed by atoms with E-state index in [4.69, 9.17) is 0 Å². The molecule has 0 radical (unpaired) electrons. The first-order valence-corrected chi connectivity index (χ1v) is 10.1. The molecule has 0 aliphatic carbocycles. The van der Waals surface area contributed by atoms with Gasteiger partial charge in [-0.3, -0.25) is 9.59 Å². The van der Waals surface area contributed by atoms with Gasteiger partial charge in [0.1, 0.15) is 0 Å². The Bertz CT molecular complexity index is 869. The lowest BCUT2D eigenvalue weighted by Crippen LogP contribution is -2.53. The molecule has 2 aromatic rings. The molecule has 0 saturated carbocycles. The molecule has 1 atom stereocenters. The van der Waals surface area contributed by atoms with Crippen molar-refractivity contribution in [3.63, 3.8) is 0 Å². The summed E-state index contributed by atoms with van der Waals surface area (Å²) in [6.45, 7) is 4.31. The minimum Gasteiger partial charge on any atom is -0.345 e. The number of rotatable bonds is 2. The Labute approximate surface area is 167 Å². The van der Waals surface area contributed by atoms with Gasteiger partial charge in [-0.2, -0.15) is 0 Å². The molecule has 4 rings (SSSR count). The third-order valence-corrected chi connectivity index (χ3v) is 6.57. The molecule has 2 saturated heterocycles. The topological polar surface area (TPSA) is 40.6 Å². The highest BCUT2D eigenvalue weighted by Crippen LogP contribution is 2.45. The predicted octanol–water partition coefficient (Wildman–Crippen LogP) is 3.86. The summed E-state index contributed by atoms with van der Waals surface area (Å²) in [5, 5.41) is 0. The zero-order chi connectivity index (χ0) is 19.7. The lowest BCUT2D eigenvalue weighted by molar-refractivity contribution is -0.139. The van der Waals surface area contributed by atoms with Gasteiger partial charge in [0, 0.05) is 32.2 Å². The van der Waals surface area contributed by atoms with Crippen LogP contribution < -0.4 is 0 Å². The summed E-state index contributed by atoms with van der Waals surface area (Å²) >= 11 is 0. The van der Waals surface area contributed by atoms with Gasteiger partial charge in [0.25, 0.3) is 5.91 Å². The molecule has 2 aliphatic rings. The van der Waals surface area contributed by atoms with Crippen LogP contribution in [0.5, 0.6) is 0 Å². The van der Waals surface area contributed by atoms with Crippen LogP contribution in [0, 0.1) is 12.3 Å². The number of amides is 2. The van der Waals surface area contributed by atoms with Gasteiger partial charge in [-0.05, 0) is 48.8 Å². The molecule has 2 aliphatic heterocycles. The van der Waals surface area contributed by atoms with Crippen molar-refractivity contribution in [1.29, 1.82) is 0 Å². The Morgan fingerprint density at radius 2 is 1.64 bits per heavy atom. The number of nitrogens with zero attached hydrogens (tertiary/aromatic N) is 2.